The first kappa shape index (κ1) is 19.9. The third-order valence-corrected chi connectivity index (χ3v) is 4.92. The molecular formula is C21H20FNO4S. The van der Waals surface area contributed by atoms with Gasteiger partial charge >= 0.3 is 0 Å². The van der Waals surface area contributed by atoms with E-state index in [-0.39, 0.29) is 23.5 Å². The number of carbonyl (C=O) groups is 2. The van der Waals surface area contributed by atoms with Gasteiger partial charge in [0.15, 0.2) is 0 Å². The zero-order valence-electron chi connectivity index (χ0n) is 15.6. The van der Waals surface area contributed by atoms with Crippen molar-refractivity contribution in [2.24, 2.45) is 0 Å². The molecule has 5 nitrogen and oxygen atoms in total. The smallest absolute Gasteiger partial charge is 0.293 e. The summed E-state index contributed by atoms with van der Waals surface area (Å²) >= 11 is 0.878. The van der Waals surface area contributed by atoms with Crippen molar-refractivity contribution in [2.75, 3.05) is 13.2 Å². The standard InChI is InChI=1S/C21H20FNO4S/c1-3-26-17-10-7-15(18(12-17)27-4-2)11-19-20(24)23(21(25)28-19)13-14-5-8-16(22)9-6-14/h5-12H,3-4,13H2,1-2H3. The molecule has 0 saturated carbocycles. The van der Waals surface area contributed by atoms with E-state index in [1.165, 1.54) is 12.1 Å². The van der Waals surface area contributed by atoms with Crippen LogP contribution >= 0.6 is 11.8 Å². The quantitative estimate of drug-likeness (QED) is 0.620. The molecule has 7 heteroatoms. The minimum absolute atomic E-state index is 0.101. The third-order valence-electron chi connectivity index (χ3n) is 4.01. The molecule has 1 fully saturated rings. The molecule has 1 saturated heterocycles. The molecule has 0 N–H and O–H groups in total. The van der Waals surface area contributed by atoms with Crippen LogP contribution in [0.1, 0.15) is 25.0 Å². The van der Waals surface area contributed by atoms with E-state index in [1.54, 1.807) is 36.4 Å². The Morgan fingerprint density at radius 3 is 2.43 bits per heavy atom. The van der Waals surface area contributed by atoms with Gasteiger partial charge in [-0.3, -0.25) is 14.5 Å². The lowest BCUT2D eigenvalue weighted by atomic mass is 10.1. The summed E-state index contributed by atoms with van der Waals surface area (Å²) in [5.41, 5.74) is 1.37. The molecule has 28 heavy (non-hydrogen) atoms. The first-order chi connectivity index (χ1) is 13.5. The van der Waals surface area contributed by atoms with Crippen molar-refractivity contribution in [3.05, 3.63) is 64.3 Å². The second-order valence-electron chi connectivity index (χ2n) is 5.96. The average molecular weight is 401 g/mol. The van der Waals surface area contributed by atoms with Gasteiger partial charge < -0.3 is 9.47 Å². The molecule has 1 aliphatic rings. The van der Waals surface area contributed by atoms with Crippen LogP contribution in [0.4, 0.5) is 9.18 Å². The molecule has 0 bridgehead atoms. The van der Waals surface area contributed by atoms with Crippen molar-refractivity contribution in [2.45, 2.75) is 20.4 Å². The van der Waals surface area contributed by atoms with Gasteiger partial charge in [0.1, 0.15) is 17.3 Å². The predicted octanol–water partition coefficient (Wildman–Crippen LogP) is 4.86. The third kappa shape index (κ3) is 4.54. The minimum Gasteiger partial charge on any atom is -0.494 e. The number of amides is 2. The van der Waals surface area contributed by atoms with Gasteiger partial charge in [-0.2, -0.15) is 0 Å². The van der Waals surface area contributed by atoms with Gasteiger partial charge in [-0.1, -0.05) is 12.1 Å². The molecule has 2 amide bonds. The highest BCUT2D eigenvalue weighted by molar-refractivity contribution is 8.18. The lowest BCUT2D eigenvalue weighted by Gasteiger charge is -2.12. The van der Waals surface area contributed by atoms with Crippen LogP contribution in [0.15, 0.2) is 47.4 Å². The molecule has 146 valence electrons. The SMILES string of the molecule is CCOc1ccc(C=C2SC(=O)N(Cc3ccc(F)cc3)C2=O)c(OCC)c1. The summed E-state index contributed by atoms with van der Waals surface area (Å²) in [6.07, 6.45) is 1.65. The van der Waals surface area contributed by atoms with Crippen molar-refractivity contribution < 1.29 is 23.5 Å². The van der Waals surface area contributed by atoms with Gasteiger partial charge in [0.2, 0.25) is 0 Å². The Hall–Kier alpha value is -2.80. The number of thioether (sulfide) groups is 1. The molecule has 0 aromatic heterocycles. The highest BCUT2D eigenvalue weighted by Crippen LogP contribution is 2.35. The van der Waals surface area contributed by atoms with Gasteiger partial charge in [-0.15, -0.1) is 0 Å². The number of imide groups is 1. The molecule has 1 aliphatic heterocycles. The largest absolute Gasteiger partial charge is 0.494 e. The minimum atomic E-state index is -0.379. The van der Waals surface area contributed by atoms with E-state index < -0.39 is 0 Å². The number of hydrogen-bond donors (Lipinski definition) is 0. The maximum Gasteiger partial charge on any atom is 0.293 e. The van der Waals surface area contributed by atoms with Crippen LogP contribution in [-0.2, 0) is 11.3 Å². The molecule has 0 radical (unpaired) electrons. The Bertz CT molecular complexity index is 911. The number of nitrogens with zero attached hydrogens (tertiary/aromatic N) is 1. The van der Waals surface area contributed by atoms with Crippen LogP contribution in [0.5, 0.6) is 11.5 Å². The van der Waals surface area contributed by atoms with Crippen molar-refractivity contribution in [1.82, 2.24) is 4.90 Å². The van der Waals surface area contributed by atoms with Gasteiger partial charge in [-0.05, 0) is 61.5 Å². The van der Waals surface area contributed by atoms with Gasteiger partial charge in [0.25, 0.3) is 11.1 Å². The number of rotatable bonds is 7. The molecule has 2 aromatic rings. The molecule has 2 aromatic carbocycles. The second kappa shape index (κ2) is 8.93. The Morgan fingerprint density at radius 1 is 1.04 bits per heavy atom. The number of ether oxygens (including phenoxy) is 2. The number of benzene rings is 2. The molecule has 3 rings (SSSR count). The maximum atomic E-state index is 13.1. The van der Waals surface area contributed by atoms with Gasteiger partial charge in [0.05, 0.1) is 24.7 Å². The number of halogens is 1. The molecule has 0 spiro atoms. The van der Waals surface area contributed by atoms with Crippen molar-refractivity contribution in [3.63, 3.8) is 0 Å². The summed E-state index contributed by atoms with van der Waals surface area (Å²) in [5.74, 6) is 0.513. The Balaban J connectivity index is 1.83. The normalized spacial score (nSPS) is 15.4. The van der Waals surface area contributed by atoms with Gasteiger partial charge in [0, 0.05) is 11.6 Å². The Morgan fingerprint density at radius 2 is 1.75 bits per heavy atom. The van der Waals surface area contributed by atoms with Crippen LogP contribution < -0.4 is 9.47 Å². The Labute approximate surface area is 167 Å². The van der Waals surface area contributed by atoms with Crippen LogP contribution in [0.3, 0.4) is 0 Å². The molecule has 0 atom stereocenters. The zero-order chi connectivity index (χ0) is 20.1. The average Bonchev–Trinajstić information content (AvgIpc) is 2.93. The lowest BCUT2D eigenvalue weighted by Crippen LogP contribution is -2.27. The summed E-state index contributed by atoms with van der Waals surface area (Å²) in [7, 11) is 0. The molecule has 0 aliphatic carbocycles. The van der Waals surface area contributed by atoms with Crippen molar-refractivity contribution >= 4 is 29.0 Å². The number of hydrogen-bond acceptors (Lipinski definition) is 5. The summed E-state index contributed by atoms with van der Waals surface area (Å²) < 4.78 is 24.2. The van der Waals surface area contributed by atoms with Crippen LogP contribution in [0.2, 0.25) is 0 Å². The maximum absolute atomic E-state index is 13.1. The van der Waals surface area contributed by atoms with E-state index in [0.29, 0.717) is 40.7 Å². The monoisotopic (exact) mass is 401 g/mol. The predicted molar refractivity (Wildman–Crippen MR) is 107 cm³/mol. The fourth-order valence-corrected chi connectivity index (χ4v) is 3.55. The molecule has 0 unspecified atom stereocenters. The van der Waals surface area contributed by atoms with Crippen LogP contribution in [0.25, 0.3) is 6.08 Å². The molecule has 1 heterocycles. The lowest BCUT2D eigenvalue weighted by molar-refractivity contribution is -0.123. The zero-order valence-corrected chi connectivity index (χ0v) is 16.4. The summed E-state index contributed by atoms with van der Waals surface area (Å²) in [6.45, 7) is 4.86. The van der Waals surface area contributed by atoms with E-state index in [1.807, 2.05) is 13.8 Å². The van der Waals surface area contributed by atoms with Crippen LogP contribution in [-0.4, -0.2) is 29.3 Å². The first-order valence-corrected chi connectivity index (χ1v) is 9.73. The summed E-state index contributed by atoms with van der Waals surface area (Å²) in [5, 5.41) is -0.357. The van der Waals surface area contributed by atoms with E-state index in [4.69, 9.17) is 9.47 Å². The van der Waals surface area contributed by atoms with Crippen molar-refractivity contribution in [3.8, 4) is 11.5 Å². The van der Waals surface area contributed by atoms with Gasteiger partial charge in [-0.25, -0.2) is 4.39 Å². The van der Waals surface area contributed by atoms with E-state index in [9.17, 15) is 14.0 Å². The molecular weight excluding hydrogens is 381 g/mol. The second-order valence-corrected chi connectivity index (χ2v) is 6.95. The van der Waals surface area contributed by atoms with Crippen LogP contribution in [0, 0.1) is 5.82 Å². The Kier molecular flexibility index (Phi) is 6.36. The fourth-order valence-electron chi connectivity index (χ4n) is 2.72. The fraction of sp³-hybridized carbons (Fsp3) is 0.238. The highest BCUT2D eigenvalue weighted by atomic mass is 32.2. The van der Waals surface area contributed by atoms with E-state index in [2.05, 4.69) is 0 Å². The number of carbonyl (C=O) groups excluding carboxylic acids is 2. The van der Waals surface area contributed by atoms with E-state index in [0.717, 1.165) is 16.7 Å². The topological polar surface area (TPSA) is 55.8 Å². The highest BCUT2D eigenvalue weighted by Gasteiger charge is 2.35. The first-order valence-electron chi connectivity index (χ1n) is 8.91. The van der Waals surface area contributed by atoms with Crippen molar-refractivity contribution in [1.29, 1.82) is 0 Å². The van der Waals surface area contributed by atoms with E-state index >= 15 is 0 Å². The summed E-state index contributed by atoms with van der Waals surface area (Å²) in [6, 6.07) is 11.1. The summed E-state index contributed by atoms with van der Waals surface area (Å²) in [4.78, 5) is 26.5.